The van der Waals surface area contributed by atoms with Crippen LogP contribution in [0.2, 0.25) is 0 Å². The van der Waals surface area contributed by atoms with E-state index in [2.05, 4.69) is 0 Å². The minimum atomic E-state index is -1.16. The van der Waals surface area contributed by atoms with Gasteiger partial charge in [0.15, 0.2) is 5.78 Å². The molecule has 2 unspecified atom stereocenters. The maximum absolute atomic E-state index is 11.0. The molecule has 5 heteroatoms. The van der Waals surface area contributed by atoms with Crippen molar-refractivity contribution in [1.29, 1.82) is 0 Å². The molecule has 1 aliphatic carbocycles. The van der Waals surface area contributed by atoms with Crippen molar-refractivity contribution in [2.75, 3.05) is 0 Å². The summed E-state index contributed by atoms with van der Waals surface area (Å²) in [6, 6.07) is 0. The van der Waals surface area contributed by atoms with E-state index in [0.29, 0.717) is 5.57 Å². The minimum Gasteiger partial charge on any atom is -0.481 e. The van der Waals surface area contributed by atoms with Crippen LogP contribution < -0.4 is 0 Å². The van der Waals surface area contributed by atoms with Gasteiger partial charge in [0.25, 0.3) is 0 Å². The van der Waals surface area contributed by atoms with Crippen LogP contribution in [0.3, 0.4) is 0 Å². The molecular formula is C10H12O5. The second kappa shape index (κ2) is 4.25. The van der Waals surface area contributed by atoms with Crippen LogP contribution in [0.5, 0.6) is 0 Å². The molecule has 0 radical (unpaired) electrons. The quantitative estimate of drug-likeness (QED) is 0.718. The predicted octanol–water partition coefficient (Wildman–Crippen LogP) is 0.697. The molecule has 1 aliphatic rings. The molecule has 5 nitrogen and oxygen atoms in total. The van der Waals surface area contributed by atoms with Crippen molar-refractivity contribution in [3.05, 3.63) is 11.6 Å². The summed E-state index contributed by atoms with van der Waals surface area (Å²) in [5, 5.41) is 17.7. The Bertz CT molecular complexity index is 342. The zero-order valence-corrected chi connectivity index (χ0v) is 8.27. The number of ketones is 1. The first kappa shape index (κ1) is 11.4. The highest BCUT2D eigenvalue weighted by Gasteiger charge is 2.36. The van der Waals surface area contributed by atoms with E-state index in [4.69, 9.17) is 10.2 Å². The third kappa shape index (κ3) is 2.43. The zero-order chi connectivity index (χ0) is 11.6. The molecule has 0 saturated carbocycles. The highest BCUT2D eigenvalue weighted by molar-refractivity contribution is 5.95. The lowest BCUT2D eigenvalue weighted by molar-refractivity contribution is -0.154. The van der Waals surface area contributed by atoms with Gasteiger partial charge in [-0.15, -0.1) is 0 Å². The maximum Gasteiger partial charge on any atom is 0.307 e. The molecule has 0 aromatic heterocycles. The second-order valence-electron chi connectivity index (χ2n) is 3.61. The van der Waals surface area contributed by atoms with Crippen LogP contribution in [-0.4, -0.2) is 27.9 Å². The van der Waals surface area contributed by atoms with E-state index in [9.17, 15) is 14.4 Å². The lowest BCUT2D eigenvalue weighted by Crippen LogP contribution is -2.33. The molecule has 0 amide bonds. The van der Waals surface area contributed by atoms with Crippen LogP contribution in [0.15, 0.2) is 11.6 Å². The first-order valence-corrected chi connectivity index (χ1v) is 4.59. The molecule has 0 aromatic rings. The molecule has 0 heterocycles. The first-order valence-electron chi connectivity index (χ1n) is 4.59. The first-order chi connectivity index (χ1) is 6.93. The summed E-state index contributed by atoms with van der Waals surface area (Å²) in [7, 11) is 0. The fourth-order valence-corrected chi connectivity index (χ4v) is 1.72. The number of aliphatic carboxylic acids is 2. The number of carbonyl (C=O) groups excluding carboxylic acids is 1. The van der Waals surface area contributed by atoms with Gasteiger partial charge in [0.1, 0.15) is 0 Å². The van der Waals surface area contributed by atoms with E-state index < -0.39 is 23.8 Å². The van der Waals surface area contributed by atoms with E-state index in [1.54, 1.807) is 0 Å². The molecule has 2 N–H and O–H groups in total. The van der Waals surface area contributed by atoms with E-state index in [1.165, 1.54) is 13.0 Å². The van der Waals surface area contributed by atoms with Crippen LogP contribution in [0.1, 0.15) is 19.8 Å². The van der Waals surface area contributed by atoms with Gasteiger partial charge in [0, 0.05) is 0 Å². The molecule has 0 spiro atoms. The lowest BCUT2D eigenvalue weighted by Gasteiger charge is -2.24. The van der Waals surface area contributed by atoms with Crippen molar-refractivity contribution >= 4 is 17.7 Å². The minimum absolute atomic E-state index is 0.0155. The average Bonchev–Trinajstić information content (AvgIpc) is 2.16. The smallest absolute Gasteiger partial charge is 0.307 e. The van der Waals surface area contributed by atoms with Crippen molar-refractivity contribution in [1.82, 2.24) is 0 Å². The third-order valence-electron chi connectivity index (χ3n) is 2.63. The SMILES string of the molecule is CC(=O)C1=CCC(C(=O)O)C(C(=O)O)C1. The number of carbonyl (C=O) groups is 3. The molecule has 15 heavy (non-hydrogen) atoms. The molecule has 0 aliphatic heterocycles. The number of hydrogen-bond acceptors (Lipinski definition) is 3. The van der Waals surface area contributed by atoms with Gasteiger partial charge in [-0.3, -0.25) is 14.4 Å². The maximum atomic E-state index is 11.0. The number of allylic oxidation sites excluding steroid dienone is 2. The van der Waals surface area contributed by atoms with Crippen LogP contribution in [0.25, 0.3) is 0 Å². The summed E-state index contributed by atoms with van der Waals surface area (Å²) in [5.41, 5.74) is 0.417. The van der Waals surface area contributed by atoms with Crippen molar-refractivity contribution in [3.63, 3.8) is 0 Å². The van der Waals surface area contributed by atoms with Gasteiger partial charge < -0.3 is 10.2 Å². The summed E-state index contributed by atoms with van der Waals surface area (Å²) < 4.78 is 0. The molecular weight excluding hydrogens is 200 g/mol. The second-order valence-corrected chi connectivity index (χ2v) is 3.61. The lowest BCUT2D eigenvalue weighted by atomic mass is 9.79. The topological polar surface area (TPSA) is 91.7 Å². The Morgan fingerprint density at radius 2 is 1.73 bits per heavy atom. The van der Waals surface area contributed by atoms with E-state index in [-0.39, 0.29) is 18.6 Å². The Balaban J connectivity index is 2.92. The predicted molar refractivity (Wildman–Crippen MR) is 50.2 cm³/mol. The average molecular weight is 212 g/mol. The summed E-state index contributed by atoms with van der Waals surface area (Å²) in [6.07, 6.45) is 1.66. The molecule has 1 rings (SSSR count). The van der Waals surface area contributed by atoms with Crippen molar-refractivity contribution < 1.29 is 24.6 Å². The summed E-state index contributed by atoms with van der Waals surface area (Å²) in [5.74, 6) is -4.39. The van der Waals surface area contributed by atoms with E-state index in [1.807, 2.05) is 0 Å². The van der Waals surface area contributed by atoms with Gasteiger partial charge >= 0.3 is 11.9 Å². The van der Waals surface area contributed by atoms with Gasteiger partial charge in [0.2, 0.25) is 0 Å². The fourth-order valence-electron chi connectivity index (χ4n) is 1.72. The van der Waals surface area contributed by atoms with Gasteiger partial charge in [-0.2, -0.15) is 0 Å². The molecule has 0 bridgehead atoms. The van der Waals surface area contributed by atoms with Crippen LogP contribution in [0.4, 0.5) is 0 Å². The van der Waals surface area contributed by atoms with Crippen molar-refractivity contribution in [2.24, 2.45) is 11.8 Å². The third-order valence-corrected chi connectivity index (χ3v) is 2.63. The largest absolute Gasteiger partial charge is 0.481 e. The number of hydrogen-bond donors (Lipinski definition) is 2. The monoisotopic (exact) mass is 212 g/mol. The van der Waals surface area contributed by atoms with Gasteiger partial charge in [-0.25, -0.2) is 0 Å². The standard InChI is InChI=1S/C10H12O5/c1-5(11)6-2-3-7(9(12)13)8(4-6)10(14)15/h2,7-8H,3-4H2,1H3,(H,12,13)(H,14,15). The van der Waals surface area contributed by atoms with Crippen molar-refractivity contribution in [3.8, 4) is 0 Å². The van der Waals surface area contributed by atoms with Crippen LogP contribution in [0, 0.1) is 11.8 Å². The Hall–Kier alpha value is -1.65. The fraction of sp³-hybridized carbons (Fsp3) is 0.500. The van der Waals surface area contributed by atoms with Crippen LogP contribution >= 0.6 is 0 Å². The molecule has 2 atom stereocenters. The van der Waals surface area contributed by atoms with Crippen molar-refractivity contribution in [2.45, 2.75) is 19.8 Å². The Kier molecular flexibility index (Phi) is 3.24. The Morgan fingerprint density at radius 3 is 2.13 bits per heavy atom. The Morgan fingerprint density at radius 1 is 1.20 bits per heavy atom. The van der Waals surface area contributed by atoms with Gasteiger partial charge in [-0.05, 0) is 25.3 Å². The molecule has 0 saturated heterocycles. The molecule has 0 aromatic carbocycles. The van der Waals surface area contributed by atoms with Gasteiger partial charge in [-0.1, -0.05) is 6.08 Å². The number of Topliss-reactive ketones (excluding diaryl/α,β-unsaturated/α-hetero) is 1. The number of rotatable bonds is 3. The number of carboxylic acid groups (broad SMARTS) is 2. The summed E-state index contributed by atoms with van der Waals surface area (Å²) in [4.78, 5) is 32.6. The van der Waals surface area contributed by atoms with Crippen LogP contribution in [-0.2, 0) is 14.4 Å². The molecule has 82 valence electrons. The highest BCUT2D eigenvalue weighted by Crippen LogP contribution is 2.30. The molecule has 0 fully saturated rings. The number of carboxylic acids is 2. The highest BCUT2D eigenvalue weighted by atomic mass is 16.4. The Labute approximate surface area is 86.4 Å². The van der Waals surface area contributed by atoms with Gasteiger partial charge in [0.05, 0.1) is 11.8 Å². The normalized spacial score (nSPS) is 25.5. The zero-order valence-electron chi connectivity index (χ0n) is 8.27. The van der Waals surface area contributed by atoms with E-state index >= 15 is 0 Å². The van der Waals surface area contributed by atoms with E-state index in [0.717, 1.165) is 0 Å². The summed E-state index contributed by atoms with van der Waals surface area (Å²) in [6.45, 7) is 1.35. The summed E-state index contributed by atoms with van der Waals surface area (Å²) >= 11 is 0.